The number of guanidine groups is 1. The lowest BCUT2D eigenvalue weighted by atomic mass is 10.3. The van der Waals surface area contributed by atoms with Crippen molar-refractivity contribution in [1.29, 1.82) is 0 Å². The summed E-state index contributed by atoms with van der Waals surface area (Å²) in [6, 6.07) is 0. The second-order valence-corrected chi connectivity index (χ2v) is 3.02. The predicted octanol–water partition coefficient (Wildman–Crippen LogP) is -0.811. The Labute approximate surface area is 78.5 Å². The number of aliphatic imine (C=N–C) groups is 1. The van der Waals surface area contributed by atoms with Crippen molar-refractivity contribution >= 4 is 28.2 Å². The number of thiazole rings is 1. The maximum atomic E-state index is 11.0. The van der Waals surface area contributed by atoms with Crippen LogP contribution in [0.15, 0.2) is 10.4 Å². The van der Waals surface area contributed by atoms with Gasteiger partial charge in [0.1, 0.15) is 5.69 Å². The van der Waals surface area contributed by atoms with Crippen molar-refractivity contribution in [2.24, 2.45) is 22.2 Å². The van der Waals surface area contributed by atoms with Gasteiger partial charge in [-0.1, -0.05) is 0 Å². The molecule has 1 aromatic rings. The van der Waals surface area contributed by atoms with Gasteiger partial charge >= 0.3 is 0 Å². The van der Waals surface area contributed by atoms with E-state index >= 15 is 0 Å². The van der Waals surface area contributed by atoms with Crippen molar-refractivity contribution in [1.82, 2.24) is 4.98 Å². The molecule has 0 unspecified atom stereocenters. The van der Waals surface area contributed by atoms with Crippen molar-refractivity contribution in [2.75, 3.05) is 6.54 Å². The van der Waals surface area contributed by atoms with Crippen LogP contribution >= 0.6 is 11.3 Å². The summed E-state index contributed by atoms with van der Waals surface area (Å²) in [4.78, 5) is 18.6. The van der Waals surface area contributed by atoms with Crippen molar-refractivity contribution in [2.45, 2.75) is 0 Å². The van der Waals surface area contributed by atoms with E-state index < -0.39 is 0 Å². The summed E-state index contributed by atoms with van der Waals surface area (Å²) in [5, 5.41) is 1.92. The van der Waals surface area contributed by atoms with E-state index in [0.29, 0.717) is 10.8 Å². The number of nitrogens with zero attached hydrogens (tertiary/aromatic N) is 2. The minimum atomic E-state index is -0.228. The third-order valence-electron chi connectivity index (χ3n) is 1.19. The van der Waals surface area contributed by atoms with Crippen molar-refractivity contribution in [3.63, 3.8) is 0 Å². The van der Waals surface area contributed by atoms with Crippen LogP contribution in [0.4, 0.5) is 5.13 Å². The van der Waals surface area contributed by atoms with Crippen LogP contribution in [0.3, 0.4) is 0 Å². The van der Waals surface area contributed by atoms with Gasteiger partial charge in [-0.25, -0.2) is 4.98 Å². The molecular weight excluding hydrogens is 190 g/mol. The van der Waals surface area contributed by atoms with E-state index in [-0.39, 0.29) is 18.3 Å². The van der Waals surface area contributed by atoms with Gasteiger partial charge in [-0.3, -0.25) is 4.79 Å². The van der Waals surface area contributed by atoms with Gasteiger partial charge in [-0.15, -0.1) is 11.3 Å². The van der Waals surface area contributed by atoms with Gasteiger partial charge in [0.2, 0.25) is 5.13 Å². The minimum Gasteiger partial charge on any atom is -0.370 e. The molecular formula is C6H9N5OS. The van der Waals surface area contributed by atoms with Gasteiger partial charge < -0.3 is 17.2 Å². The molecule has 0 aliphatic rings. The molecule has 0 fully saturated rings. The van der Waals surface area contributed by atoms with Crippen LogP contribution in [0.5, 0.6) is 0 Å². The van der Waals surface area contributed by atoms with E-state index in [1.807, 2.05) is 0 Å². The number of Topliss-reactive ketones (excluding diaryl/α,β-unsaturated/α-hetero) is 1. The molecule has 0 spiro atoms. The quantitative estimate of drug-likeness (QED) is 0.334. The third-order valence-corrected chi connectivity index (χ3v) is 1.92. The van der Waals surface area contributed by atoms with E-state index in [4.69, 9.17) is 17.2 Å². The number of hydrogen-bond donors (Lipinski definition) is 3. The van der Waals surface area contributed by atoms with Gasteiger partial charge in [0.05, 0.1) is 6.54 Å². The number of rotatable bonds is 3. The van der Waals surface area contributed by atoms with Crippen LogP contribution in [0.2, 0.25) is 0 Å². The number of nitrogens with two attached hydrogens (primary N) is 3. The van der Waals surface area contributed by atoms with E-state index in [2.05, 4.69) is 9.98 Å². The molecule has 7 heteroatoms. The van der Waals surface area contributed by atoms with Crippen molar-refractivity contribution in [3.05, 3.63) is 11.1 Å². The zero-order valence-electron chi connectivity index (χ0n) is 6.73. The normalized spacial score (nSPS) is 9.62. The summed E-state index contributed by atoms with van der Waals surface area (Å²) in [6.45, 7) is -0.0645. The van der Waals surface area contributed by atoms with Crippen LogP contribution in [0.1, 0.15) is 10.5 Å². The molecule has 6 nitrogen and oxygen atoms in total. The molecule has 13 heavy (non-hydrogen) atoms. The van der Waals surface area contributed by atoms with Crippen LogP contribution in [-0.4, -0.2) is 23.3 Å². The molecule has 1 aromatic heterocycles. The molecule has 1 rings (SSSR count). The molecule has 70 valence electrons. The van der Waals surface area contributed by atoms with Gasteiger partial charge in [-0.05, 0) is 0 Å². The molecule has 0 aliphatic heterocycles. The fourth-order valence-electron chi connectivity index (χ4n) is 0.659. The Morgan fingerprint density at radius 2 is 2.31 bits per heavy atom. The summed E-state index contributed by atoms with van der Waals surface area (Å²) in [5.74, 6) is -0.311. The first kappa shape index (κ1) is 9.62. The van der Waals surface area contributed by atoms with Crippen LogP contribution < -0.4 is 17.2 Å². The summed E-state index contributed by atoms with van der Waals surface area (Å²) in [6.07, 6.45) is 0. The van der Waals surface area contributed by atoms with Crippen LogP contribution in [0.25, 0.3) is 0 Å². The second kappa shape index (κ2) is 3.97. The minimum absolute atomic E-state index is 0.0645. The number of hydrogen-bond acceptors (Lipinski definition) is 5. The first-order valence-corrected chi connectivity index (χ1v) is 4.30. The third kappa shape index (κ3) is 2.49. The lowest BCUT2D eigenvalue weighted by Crippen LogP contribution is -2.21. The number of carbonyl (C=O) groups excluding carboxylic acids is 1. The Morgan fingerprint density at radius 3 is 2.85 bits per heavy atom. The maximum absolute atomic E-state index is 11.0. The monoisotopic (exact) mass is 199 g/mol. The standard InChI is InChI=1S/C6H9N5OS/c7-1-4(12)3-2-13-6(10-3)11-5(8)9/h2H,1,7H2,(H4,8,9,10,11). The largest absolute Gasteiger partial charge is 0.370 e. The molecule has 0 amide bonds. The van der Waals surface area contributed by atoms with Gasteiger partial charge in [0, 0.05) is 5.38 Å². The topological polar surface area (TPSA) is 120 Å². The molecule has 0 atom stereocenters. The van der Waals surface area contributed by atoms with Crippen molar-refractivity contribution in [3.8, 4) is 0 Å². The first-order chi connectivity index (χ1) is 6.13. The number of carbonyl (C=O) groups is 1. The smallest absolute Gasteiger partial charge is 0.212 e. The Morgan fingerprint density at radius 1 is 1.62 bits per heavy atom. The van der Waals surface area contributed by atoms with E-state index in [1.54, 1.807) is 5.38 Å². The molecule has 0 aliphatic carbocycles. The molecule has 0 bridgehead atoms. The predicted molar refractivity (Wildman–Crippen MR) is 51.0 cm³/mol. The second-order valence-electron chi connectivity index (χ2n) is 2.18. The lowest BCUT2D eigenvalue weighted by Gasteiger charge is -1.88. The van der Waals surface area contributed by atoms with E-state index in [1.165, 1.54) is 11.3 Å². The zero-order valence-corrected chi connectivity index (χ0v) is 7.54. The Hall–Kier alpha value is -1.47. The zero-order chi connectivity index (χ0) is 9.84. The summed E-state index contributed by atoms with van der Waals surface area (Å²) in [5.41, 5.74) is 15.7. The van der Waals surface area contributed by atoms with Crippen LogP contribution in [-0.2, 0) is 0 Å². The van der Waals surface area contributed by atoms with Gasteiger partial charge in [-0.2, -0.15) is 4.99 Å². The average Bonchev–Trinajstić information content (AvgIpc) is 2.50. The average molecular weight is 199 g/mol. The lowest BCUT2D eigenvalue weighted by molar-refractivity contribution is 0.0997. The maximum Gasteiger partial charge on any atom is 0.212 e. The van der Waals surface area contributed by atoms with E-state index in [0.717, 1.165) is 0 Å². The highest BCUT2D eigenvalue weighted by atomic mass is 32.1. The first-order valence-electron chi connectivity index (χ1n) is 3.42. The summed E-state index contributed by atoms with van der Waals surface area (Å²) in [7, 11) is 0. The number of aromatic nitrogens is 1. The highest BCUT2D eigenvalue weighted by Gasteiger charge is 2.07. The van der Waals surface area contributed by atoms with Gasteiger partial charge in [0.25, 0.3) is 0 Å². The number of ketones is 1. The molecule has 0 saturated heterocycles. The molecule has 0 aromatic carbocycles. The van der Waals surface area contributed by atoms with E-state index in [9.17, 15) is 4.79 Å². The molecule has 6 N–H and O–H groups in total. The van der Waals surface area contributed by atoms with Crippen LogP contribution in [0, 0.1) is 0 Å². The fourth-order valence-corrected chi connectivity index (χ4v) is 1.37. The Kier molecular flexibility index (Phi) is 2.93. The van der Waals surface area contributed by atoms with Gasteiger partial charge in [0.15, 0.2) is 11.7 Å². The summed E-state index contributed by atoms with van der Waals surface area (Å²) >= 11 is 1.19. The van der Waals surface area contributed by atoms with Crippen molar-refractivity contribution < 1.29 is 4.79 Å². The molecule has 0 radical (unpaired) electrons. The highest BCUT2D eigenvalue weighted by molar-refractivity contribution is 7.13. The fraction of sp³-hybridized carbons (Fsp3) is 0.167. The molecule has 1 heterocycles. The molecule has 0 saturated carbocycles. The summed E-state index contributed by atoms with van der Waals surface area (Å²) < 4.78 is 0. The SMILES string of the molecule is NCC(=O)c1csc(N=C(N)N)n1. The Balaban J connectivity index is 2.87. The Bertz CT molecular complexity index is 341. The highest BCUT2D eigenvalue weighted by Crippen LogP contribution is 2.18.